The number of carboxylic acid groups (broad SMARTS) is 2. The monoisotopic (exact) mass is 668 g/mol. The Hall–Kier alpha value is -3.35. The van der Waals surface area contributed by atoms with Gasteiger partial charge in [-0.2, -0.15) is 0 Å². The number of hydrogen-bond acceptors (Lipinski definition) is 6. The van der Waals surface area contributed by atoms with Crippen LogP contribution < -0.4 is 10.2 Å². The molecule has 33 heavy (non-hydrogen) atoms. The maximum absolute atomic E-state index is 10.1. The molecule has 0 radical (unpaired) electrons. The largest absolute Gasteiger partial charge is 2.00 e. The Morgan fingerprint density at radius 1 is 0.515 bits per heavy atom. The molecule has 0 aliphatic heterocycles. The standard InChI is InChI=1S/C10H8N2.2C7H6O2.2O.U/c1-3-7-11-9(5-1)10-6-2-4-8-12-10;2*8-7(9)6-4-2-1-3-5-6;;;/h1-8H;2*1-5H,(H,8,9);;;/q;;;2*-2;/p-2. The summed E-state index contributed by atoms with van der Waals surface area (Å²) in [5.41, 5.74) is 2.27. The van der Waals surface area contributed by atoms with Crippen molar-refractivity contribution in [2.24, 2.45) is 0 Å². The number of carbonyl (C=O) groups is 2. The zero-order valence-electron chi connectivity index (χ0n) is 17.2. The molecule has 0 fully saturated rings. The second-order valence-electron chi connectivity index (χ2n) is 5.74. The number of rotatable bonds is 3. The molecule has 0 atom stereocenters. The summed E-state index contributed by atoms with van der Waals surface area (Å²) < 4.78 is 0. The molecule has 2 aromatic heterocycles. The van der Waals surface area contributed by atoms with Crippen molar-refractivity contribution in [3.8, 4) is 11.4 Å². The molecule has 0 spiro atoms. The molecule has 0 saturated heterocycles. The van der Waals surface area contributed by atoms with E-state index in [0.717, 1.165) is 11.4 Å². The van der Waals surface area contributed by atoms with Gasteiger partial charge in [0.2, 0.25) is 0 Å². The molecular formula is C24H18N2O6U-6. The van der Waals surface area contributed by atoms with Gasteiger partial charge in [0.25, 0.3) is 0 Å². The van der Waals surface area contributed by atoms with Crippen molar-refractivity contribution < 1.29 is 61.9 Å². The van der Waals surface area contributed by atoms with E-state index in [1.807, 2.05) is 36.4 Å². The van der Waals surface area contributed by atoms with Crippen LogP contribution in [0.1, 0.15) is 20.7 Å². The van der Waals surface area contributed by atoms with E-state index in [-0.39, 0.29) is 53.2 Å². The molecule has 0 amide bonds. The average Bonchev–Trinajstić information content (AvgIpc) is 2.82. The number of aromatic nitrogens is 2. The van der Waals surface area contributed by atoms with Crippen LogP contribution in [0.15, 0.2) is 109 Å². The van der Waals surface area contributed by atoms with Gasteiger partial charge in [0, 0.05) is 43.5 Å². The number of benzene rings is 2. The summed E-state index contributed by atoms with van der Waals surface area (Å²) in [6, 6.07) is 27.7. The van der Waals surface area contributed by atoms with Gasteiger partial charge in [-0.1, -0.05) is 72.8 Å². The Kier molecular flexibility index (Phi) is 17.6. The minimum absolute atomic E-state index is 0. The second-order valence-corrected chi connectivity index (χ2v) is 5.74. The van der Waals surface area contributed by atoms with Crippen LogP contribution in [0.5, 0.6) is 0 Å². The summed E-state index contributed by atoms with van der Waals surface area (Å²) >= 11 is 0. The van der Waals surface area contributed by atoms with Crippen molar-refractivity contribution >= 4 is 11.9 Å². The summed E-state index contributed by atoms with van der Waals surface area (Å²) in [6.07, 6.45) is 3.54. The van der Waals surface area contributed by atoms with Crippen molar-refractivity contribution in [2.75, 3.05) is 0 Å². The Morgan fingerprint density at radius 3 is 1.03 bits per heavy atom. The Morgan fingerprint density at radius 2 is 0.818 bits per heavy atom. The Balaban J connectivity index is 0. The van der Waals surface area contributed by atoms with Crippen molar-refractivity contribution in [1.29, 1.82) is 0 Å². The third kappa shape index (κ3) is 12.3. The third-order valence-electron chi connectivity index (χ3n) is 3.61. The molecule has 0 aliphatic carbocycles. The summed E-state index contributed by atoms with van der Waals surface area (Å²) in [6.45, 7) is 0. The van der Waals surface area contributed by atoms with E-state index >= 15 is 0 Å². The van der Waals surface area contributed by atoms with Gasteiger partial charge in [-0.05, 0) is 35.4 Å². The molecule has 8 nitrogen and oxygen atoms in total. The van der Waals surface area contributed by atoms with Crippen LogP contribution in [0.2, 0.25) is 0 Å². The SMILES string of the molecule is O=C([O-])c1ccccc1.O=C([O-])c1ccccc1.[O-2].[O-2].[U].c1ccc(-c2ccccn2)nc1. The maximum Gasteiger partial charge on any atom is 0.0886 e. The summed E-state index contributed by atoms with van der Waals surface area (Å²) in [5, 5.41) is 20.2. The molecule has 0 bridgehead atoms. The predicted octanol–water partition coefficient (Wildman–Crippen LogP) is 2.01. The molecule has 4 rings (SSSR count). The van der Waals surface area contributed by atoms with E-state index in [0.29, 0.717) is 0 Å². The Labute approximate surface area is 215 Å². The number of pyridine rings is 2. The van der Waals surface area contributed by atoms with Crippen LogP contribution in [-0.2, 0) is 11.0 Å². The van der Waals surface area contributed by atoms with Crippen LogP contribution in [-0.4, -0.2) is 21.9 Å². The van der Waals surface area contributed by atoms with E-state index < -0.39 is 11.9 Å². The van der Waals surface area contributed by atoms with Crippen LogP contribution in [0, 0.1) is 31.1 Å². The fraction of sp³-hybridized carbons (Fsp3) is 0. The number of carboxylic acids is 2. The first-order valence-corrected chi connectivity index (χ1v) is 8.93. The first kappa shape index (κ1) is 31.8. The molecule has 0 saturated carbocycles. The van der Waals surface area contributed by atoms with Gasteiger partial charge in [0.05, 0.1) is 23.3 Å². The first-order chi connectivity index (χ1) is 14.6. The van der Waals surface area contributed by atoms with E-state index in [9.17, 15) is 19.8 Å². The van der Waals surface area contributed by atoms with Gasteiger partial charge in [-0.15, -0.1) is 0 Å². The van der Waals surface area contributed by atoms with E-state index in [1.54, 1.807) is 48.8 Å². The van der Waals surface area contributed by atoms with Crippen molar-refractivity contribution in [2.45, 2.75) is 0 Å². The molecule has 0 N–H and O–H groups in total. The van der Waals surface area contributed by atoms with Crippen molar-refractivity contribution in [1.82, 2.24) is 9.97 Å². The molecule has 2 heterocycles. The van der Waals surface area contributed by atoms with Gasteiger partial charge in [0.1, 0.15) is 0 Å². The zero-order valence-corrected chi connectivity index (χ0v) is 21.4. The summed E-state index contributed by atoms with van der Waals surface area (Å²) in [4.78, 5) is 28.6. The average molecular weight is 668 g/mol. The predicted molar refractivity (Wildman–Crippen MR) is 110 cm³/mol. The minimum Gasteiger partial charge on any atom is -2.00 e. The number of aromatic carboxylic acids is 2. The second kappa shape index (κ2) is 18.2. The fourth-order valence-corrected chi connectivity index (χ4v) is 2.18. The molecule has 170 valence electrons. The molecule has 4 aromatic rings. The molecular weight excluding hydrogens is 650 g/mol. The maximum atomic E-state index is 10.1. The summed E-state index contributed by atoms with van der Waals surface area (Å²) in [7, 11) is 0. The zero-order chi connectivity index (χ0) is 21.6. The quantitative estimate of drug-likeness (QED) is 0.324. The van der Waals surface area contributed by atoms with Gasteiger partial charge in [-0.25, -0.2) is 0 Å². The van der Waals surface area contributed by atoms with Gasteiger partial charge < -0.3 is 30.8 Å². The minimum atomic E-state index is -1.13. The van der Waals surface area contributed by atoms with E-state index in [4.69, 9.17) is 0 Å². The normalized spacial score (nSPS) is 8.36. The third-order valence-corrected chi connectivity index (χ3v) is 3.61. The molecule has 9 heteroatoms. The van der Waals surface area contributed by atoms with Crippen LogP contribution in [0.4, 0.5) is 0 Å². The van der Waals surface area contributed by atoms with Crippen molar-refractivity contribution in [3.05, 3.63) is 121 Å². The smallest absolute Gasteiger partial charge is 0.0886 e. The van der Waals surface area contributed by atoms with Crippen LogP contribution in [0.3, 0.4) is 0 Å². The molecule has 0 unspecified atom stereocenters. The van der Waals surface area contributed by atoms with Crippen molar-refractivity contribution in [3.63, 3.8) is 0 Å². The molecule has 0 aliphatic rings. The number of carbonyl (C=O) groups excluding carboxylic acids is 2. The van der Waals surface area contributed by atoms with E-state index in [1.165, 1.54) is 24.3 Å². The van der Waals surface area contributed by atoms with E-state index in [2.05, 4.69) is 9.97 Å². The molecule has 2 aromatic carbocycles. The van der Waals surface area contributed by atoms with Gasteiger partial charge >= 0.3 is 0 Å². The Bertz CT molecular complexity index is 951. The van der Waals surface area contributed by atoms with Crippen LogP contribution >= 0.6 is 0 Å². The topological polar surface area (TPSA) is 163 Å². The summed E-state index contributed by atoms with van der Waals surface area (Å²) in [5.74, 6) is -2.26. The van der Waals surface area contributed by atoms with Gasteiger partial charge in [-0.3, -0.25) is 9.97 Å². The number of nitrogens with zero attached hydrogens (tertiary/aromatic N) is 2. The van der Waals surface area contributed by atoms with Crippen LogP contribution in [0.25, 0.3) is 11.4 Å². The van der Waals surface area contributed by atoms with Gasteiger partial charge in [0.15, 0.2) is 0 Å². The fourth-order valence-electron chi connectivity index (χ4n) is 2.18. The first-order valence-electron chi connectivity index (χ1n) is 8.93. The number of hydrogen-bond donors (Lipinski definition) is 0.